The molecule has 0 aliphatic rings. The van der Waals surface area contributed by atoms with Gasteiger partial charge < -0.3 is 0 Å². The second kappa shape index (κ2) is 17.1. The van der Waals surface area contributed by atoms with Gasteiger partial charge in [0.05, 0.1) is 0 Å². The van der Waals surface area contributed by atoms with E-state index in [1.807, 2.05) is 0 Å². The van der Waals surface area contributed by atoms with Crippen LogP contribution in [-0.4, -0.2) is 0 Å². The largest absolute Gasteiger partial charge is 0.0654 e. The van der Waals surface area contributed by atoms with E-state index >= 15 is 0 Å². The highest BCUT2D eigenvalue weighted by Gasteiger charge is 2.04. The Labute approximate surface area is 130 Å². The molecule has 0 heteroatoms. The minimum atomic E-state index is 0.991. The summed E-state index contributed by atoms with van der Waals surface area (Å²) in [5.41, 5.74) is 0. The molecule has 0 fully saturated rings. The van der Waals surface area contributed by atoms with Crippen molar-refractivity contribution >= 4 is 0 Å². The number of unbranched alkanes of at least 4 members (excludes halogenated alkanes) is 11. The van der Waals surface area contributed by atoms with Crippen LogP contribution in [0.15, 0.2) is 0 Å². The monoisotopic (exact) mass is 281 g/mol. The second-order valence-corrected chi connectivity index (χ2v) is 6.58. The minimum Gasteiger partial charge on any atom is -0.0654 e. The maximum absolute atomic E-state index is 2.36. The molecule has 1 atom stereocenters. The van der Waals surface area contributed by atoms with E-state index in [0.717, 1.165) is 5.92 Å². The van der Waals surface area contributed by atoms with E-state index in [1.54, 1.807) is 0 Å². The Balaban J connectivity index is 3.15. The molecule has 0 N–H and O–H groups in total. The van der Waals surface area contributed by atoms with E-state index in [-0.39, 0.29) is 0 Å². The summed E-state index contributed by atoms with van der Waals surface area (Å²) in [5.74, 6) is 0.991. The van der Waals surface area contributed by atoms with Gasteiger partial charge in [-0.1, -0.05) is 117 Å². The van der Waals surface area contributed by atoms with Gasteiger partial charge in [-0.25, -0.2) is 0 Å². The Morgan fingerprint density at radius 1 is 0.650 bits per heavy atom. The first-order valence-electron chi connectivity index (χ1n) is 9.62. The first-order chi connectivity index (χ1) is 9.85. The third kappa shape index (κ3) is 14.4. The number of hydrogen-bond donors (Lipinski definition) is 0. The molecular formula is C20H41. The molecule has 0 aliphatic heterocycles. The molecule has 121 valence electrons. The quantitative estimate of drug-likeness (QED) is 0.254. The molecule has 0 rings (SSSR count). The van der Waals surface area contributed by atoms with Crippen LogP contribution in [0.5, 0.6) is 0 Å². The molecule has 0 spiro atoms. The van der Waals surface area contributed by atoms with Crippen LogP contribution in [0.2, 0.25) is 0 Å². The van der Waals surface area contributed by atoms with Gasteiger partial charge in [0.15, 0.2) is 0 Å². The van der Waals surface area contributed by atoms with Crippen LogP contribution in [0, 0.1) is 12.3 Å². The Bertz CT molecular complexity index is 161. The number of hydrogen-bond acceptors (Lipinski definition) is 0. The zero-order valence-corrected chi connectivity index (χ0v) is 14.8. The summed E-state index contributed by atoms with van der Waals surface area (Å²) in [5, 5.41) is 0. The van der Waals surface area contributed by atoms with Crippen LogP contribution in [0.25, 0.3) is 0 Å². The molecule has 20 heavy (non-hydrogen) atoms. The van der Waals surface area contributed by atoms with Crippen molar-refractivity contribution in [2.45, 2.75) is 117 Å². The van der Waals surface area contributed by atoms with Crippen LogP contribution < -0.4 is 0 Å². The van der Waals surface area contributed by atoms with Crippen molar-refractivity contribution in [2.24, 2.45) is 5.92 Å². The molecule has 0 heterocycles. The standard InChI is InChI=1S/C20H41/c1-4-7-9-10-11-12-13-14-15-16-17-19-20(6-3)18-8-5-2/h5,20H,4,6-19H2,1-3H3. The summed E-state index contributed by atoms with van der Waals surface area (Å²) < 4.78 is 0. The first kappa shape index (κ1) is 20.0. The summed E-state index contributed by atoms with van der Waals surface area (Å²) >= 11 is 0. The summed E-state index contributed by atoms with van der Waals surface area (Å²) in [6.45, 7) is 6.84. The van der Waals surface area contributed by atoms with Gasteiger partial charge in [-0.3, -0.25) is 0 Å². The Kier molecular flexibility index (Phi) is 17.1. The maximum Gasteiger partial charge on any atom is -0.0417 e. The molecule has 0 bridgehead atoms. The van der Waals surface area contributed by atoms with Gasteiger partial charge in [-0.2, -0.15) is 0 Å². The highest BCUT2D eigenvalue weighted by atomic mass is 14.1. The molecule has 0 aromatic carbocycles. The molecule has 0 aromatic heterocycles. The fraction of sp³-hybridized carbons (Fsp3) is 0.950. The van der Waals surface area contributed by atoms with Crippen LogP contribution in [0.4, 0.5) is 0 Å². The zero-order chi connectivity index (χ0) is 14.9. The molecule has 0 aromatic rings. The van der Waals surface area contributed by atoms with Gasteiger partial charge in [0.25, 0.3) is 0 Å². The number of rotatable bonds is 16. The van der Waals surface area contributed by atoms with Gasteiger partial charge >= 0.3 is 0 Å². The van der Waals surface area contributed by atoms with E-state index in [1.165, 1.54) is 96.3 Å². The van der Waals surface area contributed by atoms with Crippen molar-refractivity contribution in [3.05, 3.63) is 6.42 Å². The molecule has 1 radical (unpaired) electrons. The third-order valence-corrected chi connectivity index (χ3v) is 4.66. The molecule has 0 saturated heterocycles. The Morgan fingerprint density at radius 3 is 1.60 bits per heavy atom. The van der Waals surface area contributed by atoms with E-state index < -0.39 is 0 Å². The van der Waals surface area contributed by atoms with Crippen LogP contribution in [0.1, 0.15) is 117 Å². The van der Waals surface area contributed by atoms with Crippen molar-refractivity contribution in [3.8, 4) is 0 Å². The lowest BCUT2D eigenvalue weighted by atomic mass is 9.93. The zero-order valence-electron chi connectivity index (χ0n) is 14.8. The van der Waals surface area contributed by atoms with Crippen LogP contribution in [0.3, 0.4) is 0 Å². The van der Waals surface area contributed by atoms with Gasteiger partial charge in [-0.05, 0) is 12.3 Å². The lowest BCUT2D eigenvalue weighted by Gasteiger charge is -2.13. The average molecular weight is 282 g/mol. The minimum absolute atomic E-state index is 0.991. The van der Waals surface area contributed by atoms with Crippen molar-refractivity contribution in [3.63, 3.8) is 0 Å². The molecular weight excluding hydrogens is 240 g/mol. The van der Waals surface area contributed by atoms with Gasteiger partial charge in [0.1, 0.15) is 0 Å². The van der Waals surface area contributed by atoms with E-state index in [0.29, 0.717) is 0 Å². The smallest absolute Gasteiger partial charge is 0.0417 e. The van der Waals surface area contributed by atoms with E-state index in [4.69, 9.17) is 0 Å². The molecule has 0 amide bonds. The highest BCUT2D eigenvalue weighted by Crippen LogP contribution is 2.20. The van der Waals surface area contributed by atoms with Crippen LogP contribution >= 0.6 is 0 Å². The summed E-state index contributed by atoms with van der Waals surface area (Å²) in [4.78, 5) is 0. The lowest BCUT2D eigenvalue weighted by Crippen LogP contribution is -1.98. The fourth-order valence-electron chi connectivity index (χ4n) is 3.05. The third-order valence-electron chi connectivity index (χ3n) is 4.66. The van der Waals surface area contributed by atoms with Crippen molar-refractivity contribution in [2.75, 3.05) is 0 Å². The summed E-state index contributed by atoms with van der Waals surface area (Å²) in [7, 11) is 0. The molecule has 1 unspecified atom stereocenters. The average Bonchev–Trinajstić information content (AvgIpc) is 2.48. The normalized spacial score (nSPS) is 12.8. The van der Waals surface area contributed by atoms with Crippen molar-refractivity contribution < 1.29 is 0 Å². The van der Waals surface area contributed by atoms with E-state index in [9.17, 15) is 0 Å². The first-order valence-corrected chi connectivity index (χ1v) is 9.62. The predicted octanol–water partition coefficient (Wildman–Crippen LogP) is 7.72. The van der Waals surface area contributed by atoms with Gasteiger partial charge in [-0.15, -0.1) is 0 Å². The maximum atomic E-state index is 2.36. The molecule has 0 nitrogen and oxygen atoms in total. The topological polar surface area (TPSA) is 0 Å². The SMILES string of the molecule is C[CH]CCC(CC)CCCCCCCCCCCCC. The van der Waals surface area contributed by atoms with Gasteiger partial charge in [0.2, 0.25) is 0 Å². The predicted molar refractivity (Wildman–Crippen MR) is 94.1 cm³/mol. The summed E-state index contributed by atoms with van der Waals surface area (Å²) in [6, 6.07) is 0. The van der Waals surface area contributed by atoms with Gasteiger partial charge in [0, 0.05) is 0 Å². The molecule has 0 saturated carbocycles. The lowest BCUT2D eigenvalue weighted by molar-refractivity contribution is 0.410. The summed E-state index contributed by atoms with van der Waals surface area (Å²) in [6.07, 6.45) is 24.0. The highest BCUT2D eigenvalue weighted by molar-refractivity contribution is 4.63. The Morgan fingerprint density at radius 2 is 1.15 bits per heavy atom. The fourth-order valence-corrected chi connectivity index (χ4v) is 3.05. The second-order valence-electron chi connectivity index (χ2n) is 6.58. The van der Waals surface area contributed by atoms with Crippen LogP contribution in [-0.2, 0) is 0 Å². The Hall–Kier alpha value is 0. The molecule has 0 aliphatic carbocycles. The van der Waals surface area contributed by atoms with Crippen molar-refractivity contribution in [1.29, 1.82) is 0 Å². The van der Waals surface area contributed by atoms with Crippen molar-refractivity contribution in [1.82, 2.24) is 0 Å². The van der Waals surface area contributed by atoms with E-state index in [2.05, 4.69) is 27.2 Å².